The zero-order valence-electron chi connectivity index (χ0n) is 30.9. The zero-order chi connectivity index (χ0) is 35.7. The van der Waals surface area contributed by atoms with Gasteiger partial charge in [-0.15, -0.1) is 0 Å². The van der Waals surface area contributed by atoms with Gasteiger partial charge in [0.1, 0.15) is 0 Å². The van der Waals surface area contributed by atoms with E-state index >= 15 is 0 Å². The first-order valence-electron chi connectivity index (χ1n) is 19.3. The van der Waals surface area contributed by atoms with Gasteiger partial charge in [-0.25, -0.2) is 0 Å². The predicted molar refractivity (Wildman–Crippen MR) is 226 cm³/mol. The largest absolute Gasteiger partial charge is 0.341 e. The van der Waals surface area contributed by atoms with Gasteiger partial charge in [-0.3, -0.25) is 0 Å². The van der Waals surface area contributed by atoms with Gasteiger partial charge in [-0.2, -0.15) is 10.0 Å². The van der Waals surface area contributed by atoms with E-state index in [-0.39, 0.29) is 10.5 Å². The Labute approximate surface area is 316 Å². The van der Waals surface area contributed by atoms with Crippen molar-refractivity contribution in [3.05, 3.63) is 190 Å². The predicted octanol–water partition coefficient (Wildman–Crippen LogP) is 13.4. The molecule has 10 rings (SSSR count). The molecule has 0 radical (unpaired) electrons. The van der Waals surface area contributed by atoms with Crippen LogP contribution in [0.2, 0.25) is 0 Å². The summed E-state index contributed by atoms with van der Waals surface area (Å²) in [7, 11) is -1.83. The second-order valence-electron chi connectivity index (χ2n) is 15.4. The van der Waals surface area contributed by atoms with E-state index in [2.05, 4.69) is 188 Å². The van der Waals surface area contributed by atoms with Crippen LogP contribution in [0.1, 0.15) is 71.1 Å². The molecule has 262 valence electrons. The SMILES string of the molecule is CC1=Cc2c(cccc2N2CCCc3ccccc32)C1S(c1ccccc1)(c1ccccc1)C1C(C)=Cc2c1cccc2N1c2ccccc2CC1C. The molecule has 2 nitrogen and oxygen atoms in total. The Morgan fingerprint density at radius 3 is 1.66 bits per heavy atom. The van der Waals surface area contributed by atoms with E-state index in [1.165, 1.54) is 83.5 Å². The Balaban J connectivity index is 1.22. The van der Waals surface area contributed by atoms with Gasteiger partial charge in [-0.1, -0.05) is 120 Å². The van der Waals surface area contributed by atoms with Crippen LogP contribution >= 0.6 is 10.0 Å². The fourth-order valence-corrected chi connectivity index (χ4v) is 15.6. The summed E-state index contributed by atoms with van der Waals surface area (Å²) < 4.78 is 0. The van der Waals surface area contributed by atoms with E-state index in [4.69, 9.17) is 0 Å². The minimum absolute atomic E-state index is 0.203. The highest BCUT2D eigenvalue weighted by Crippen LogP contribution is 2.84. The van der Waals surface area contributed by atoms with Gasteiger partial charge in [0.25, 0.3) is 0 Å². The van der Waals surface area contributed by atoms with Crippen molar-refractivity contribution in [1.29, 1.82) is 0 Å². The van der Waals surface area contributed by atoms with E-state index in [0.29, 0.717) is 6.04 Å². The molecule has 0 aromatic heterocycles. The minimum Gasteiger partial charge on any atom is -0.341 e. The molecule has 6 aromatic rings. The van der Waals surface area contributed by atoms with Crippen molar-refractivity contribution in [2.24, 2.45) is 0 Å². The molecule has 2 aliphatic heterocycles. The smallest absolute Gasteiger partial charge is 0.0490 e. The van der Waals surface area contributed by atoms with Gasteiger partial charge < -0.3 is 9.80 Å². The van der Waals surface area contributed by atoms with Crippen molar-refractivity contribution in [1.82, 2.24) is 0 Å². The highest BCUT2D eigenvalue weighted by atomic mass is 32.3. The lowest BCUT2D eigenvalue weighted by atomic mass is 9.99. The third-order valence-electron chi connectivity index (χ3n) is 12.2. The third-order valence-corrected chi connectivity index (χ3v) is 17.1. The zero-order valence-corrected chi connectivity index (χ0v) is 31.7. The maximum absolute atomic E-state index is 2.61. The van der Waals surface area contributed by atoms with Crippen LogP contribution in [0, 0.1) is 0 Å². The fraction of sp³-hybridized carbons (Fsp3) is 0.200. The molecular formula is C50H46N2S. The van der Waals surface area contributed by atoms with E-state index < -0.39 is 10.0 Å². The van der Waals surface area contributed by atoms with Crippen molar-refractivity contribution >= 4 is 44.9 Å². The van der Waals surface area contributed by atoms with Crippen LogP contribution in [0.25, 0.3) is 12.2 Å². The topological polar surface area (TPSA) is 6.48 Å². The summed E-state index contributed by atoms with van der Waals surface area (Å²) in [5, 5.41) is 0.408. The van der Waals surface area contributed by atoms with E-state index in [1.807, 2.05) is 0 Å². The summed E-state index contributed by atoms with van der Waals surface area (Å²) >= 11 is 0. The van der Waals surface area contributed by atoms with Gasteiger partial charge in [-0.05, 0) is 121 Å². The Morgan fingerprint density at radius 2 is 1.02 bits per heavy atom. The van der Waals surface area contributed by atoms with Crippen molar-refractivity contribution in [2.45, 2.75) is 66.4 Å². The molecule has 4 aliphatic rings. The highest BCUT2D eigenvalue weighted by molar-refractivity contribution is 8.34. The summed E-state index contributed by atoms with van der Waals surface area (Å²) in [4.78, 5) is 8.10. The number of rotatable bonds is 6. The molecular weight excluding hydrogens is 661 g/mol. The summed E-state index contributed by atoms with van der Waals surface area (Å²) in [6.45, 7) is 8.26. The second-order valence-corrected chi connectivity index (χ2v) is 18.7. The molecule has 2 heterocycles. The lowest BCUT2D eigenvalue weighted by Gasteiger charge is -2.52. The van der Waals surface area contributed by atoms with Crippen LogP contribution in [0.3, 0.4) is 0 Å². The fourth-order valence-electron chi connectivity index (χ4n) is 10.3. The molecule has 0 N–H and O–H groups in total. The number of fused-ring (bicyclic) bond motifs is 4. The molecule has 0 fully saturated rings. The minimum atomic E-state index is -1.83. The van der Waals surface area contributed by atoms with E-state index in [0.717, 1.165) is 19.4 Å². The molecule has 0 saturated carbocycles. The van der Waals surface area contributed by atoms with Crippen LogP contribution in [0.5, 0.6) is 0 Å². The van der Waals surface area contributed by atoms with Crippen molar-refractivity contribution in [2.75, 3.05) is 16.3 Å². The van der Waals surface area contributed by atoms with Gasteiger partial charge in [0, 0.05) is 57.0 Å². The molecule has 0 saturated heterocycles. The number of anilines is 4. The van der Waals surface area contributed by atoms with Crippen molar-refractivity contribution in [3.8, 4) is 0 Å². The second kappa shape index (κ2) is 12.7. The first-order valence-corrected chi connectivity index (χ1v) is 21.1. The molecule has 3 heteroatoms. The molecule has 3 unspecified atom stereocenters. The number of nitrogens with zero attached hydrogens (tertiary/aromatic N) is 2. The maximum Gasteiger partial charge on any atom is 0.0490 e. The van der Waals surface area contributed by atoms with Gasteiger partial charge >= 0.3 is 0 Å². The molecule has 0 spiro atoms. The maximum atomic E-state index is 2.61. The molecule has 0 bridgehead atoms. The standard InChI is InChI=1S/C50H46N2S/c1-34-31-43-41(24-14-28-47(43)51-30-16-19-37-17-10-12-26-45(37)51)49(34)53(39-20-6-4-7-21-39,40-22-8-5-9-23-40)50-35(2)32-44-42(50)25-15-29-48(44)52-36(3)33-38-18-11-13-27-46(38)52/h4-15,17-18,20-29,31-32,36,49-50H,16,19,30,33H2,1-3H3. The monoisotopic (exact) mass is 706 g/mol. The van der Waals surface area contributed by atoms with E-state index in [9.17, 15) is 0 Å². The molecule has 53 heavy (non-hydrogen) atoms. The Bertz CT molecular complexity index is 2390. The lowest BCUT2D eigenvalue weighted by molar-refractivity contribution is 0.758. The Kier molecular flexibility index (Phi) is 7.77. The van der Waals surface area contributed by atoms with E-state index in [1.54, 1.807) is 0 Å². The number of hydrogen-bond acceptors (Lipinski definition) is 2. The average Bonchev–Trinajstić information content (AvgIpc) is 3.85. The summed E-state index contributed by atoms with van der Waals surface area (Å²) in [5.74, 6) is 0. The van der Waals surface area contributed by atoms with Crippen LogP contribution in [0.4, 0.5) is 22.7 Å². The number of aryl methyl sites for hydroxylation is 1. The number of hydrogen-bond donors (Lipinski definition) is 0. The third kappa shape index (κ3) is 4.86. The van der Waals surface area contributed by atoms with Crippen molar-refractivity contribution in [3.63, 3.8) is 0 Å². The lowest BCUT2D eigenvalue weighted by Crippen LogP contribution is -2.25. The van der Waals surface area contributed by atoms with Gasteiger partial charge in [0.2, 0.25) is 0 Å². The first kappa shape index (κ1) is 32.4. The van der Waals surface area contributed by atoms with Gasteiger partial charge in [0.15, 0.2) is 0 Å². The summed E-state index contributed by atoms with van der Waals surface area (Å²) in [5.41, 5.74) is 16.9. The summed E-state index contributed by atoms with van der Waals surface area (Å²) in [6.07, 6.45) is 8.48. The molecule has 2 aliphatic carbocycles. The molecule has 0 amide bonds. The van der Waals surface area contributed by atoms with Crippen LogP contribution in [-0.4, -0.2) is 12.6 Å². The Morgan fingerprint density at radius 1 is 0.509 bits per heavy atom. The van der Waals surface area contributed by atoms with Crippen LogP contribution in [-0.2, 0) is 12.8 Å². The number of para-hydroxylation sites is 2. The van der Waals surface area contributed by atoms with Gasteiger partial charge in [0.05, 0.1) is 0 Å². The quantitative estimate of drug-likeness (QED) is 0.170. The average molecular weight is 707 g/mol. The van der Waals surface area contributed by atoms with Crippen molar-refractivity contribution < 1.29 is 0 Å². The van der Waals surface area contributed by atoms with Crippen LogP contribution in [0.15, 0.2) is 167 Å². The van der Waals surface area contributed by atoms with Crippen LogP contribution < -0.4 is 9.80 Å². The number of benzene rings is 6. The first-order chi connectivity index (χ1) is 26.1. The molecule has 6 aromatic carbocycles. The summed E-state index contributed by atoms with van der Waals surface area (Å²) in [6, 6.07) is 55.9. The Hall–Kier alpha value is -5.25. The normalized spacial score (nSPS) is 20.3. The molecule has 3 atom stereocenters. The highest BCUT2D eigenvalue weighted by Gasteiger charge is 2.50.